The first-order valence-corrected chi connectivity index (χ1v) is 7.60. The van der Waals surface area contributed by atoms with E-state index >= 15 is 0 Å². The highest BCUT2D eigenvalue weighted by molar-refractivity contribution is 5.94. The Morgan fingerprint density at radius 1 is 1.43 bits per heavy atom. The van der Waals surface area contributed by atoms with E-state index in [0.29, 0.717) is 11.6 Å². The average molecular weight is 291 g/mol. The summed E-state index contributed by atoms with van der Waals surface area (Å²) in [6.45, 7) is 5.62. The maximum atomic E-state index is 11.3. The topological polar surface area (TPSA) is 67.6 Å². The number of nitrogens with zero attached hydrogens (tertiary/aromatic N) is 1. The van der Waals surface area contributed by atoms with Crippen molar-refractivity contribution in [1.82, 2.24) is 4.90 Å². The molecule has 0 saturated carbocycles. The molecule has 0 unspecified atom stereocenters. The number of benzene rings is 1. The molecule has 1 aromatic carbocycles. The monoisotopic (exact) mass is 291 g/mol. The number of rotatable bonds is 6. The van der Waals surface area contributed by atoms with E-state index < -0.39 is 5.91 Å². The molecule has 0 aromatic heterocycles. The Bertz CT molecular complexity index is 482. The van der Waals surface area contributed by atoms with E-state index in [1.807, 2.05) is 0 Å². The van der Waals surface area contributed by atoms with Crippen molar-refractivity contribution in [3.63, 3.8) is 0 Å². The predicted octanol–water partition coefficient (Wildman–Crippen LogP) is 2.08. The number of amides is 1. The predicted molar refractivity (Wildman–Crippen MR) is 84.9 cm³/mol. The van der Waals surface area contributed by atoms with Crippen LogP contribution in [0.1, 0.15) is 36.5 Å². The standard InChI is InChI=1S/C16H25N3O2/c1-3-8-19-9-6-13(7-10-19)18-14-11-12(16(17)20)4-5-15(14)21-2/h4-5,11,13,18H,3,6-10H2,1-2H3,(H2,17,20). The van der Waals surface area contributed by atoms with Gasteiger partial charge >= 0.3 is 0 Å². The number of likely N-dealkylation sites (tertiary alicyclic amines) is 1. The van der Waals surface area contributed by atoms with Crippen LogP contribution in [0.3, 0.4) is 0 Å². The minimum Gasteiger partial charge on any atom is -0.495 e. The van der Waals surface area contributed by atoms with Crippen molar-refractivity contribution in [1.29, 1.82) is 0 Å². The smallest absolute Gasteiger partial charge is 0.248 e. The molecule has 0 aliphatic carbocycles. The molecule has 1 amide bonds. The lowest BCUT2D eigenvalue weighted by Gasteiger charge is -2.32. The van der Waals surface area contributed by atoms with Crippen molar-refractivity contribution >= 4 is 11.6 Å². The van der Waals surface area contributed by atoms with E-state index in [1.54, 1.807) is 25.3 Å². The van der Waals surface area contributed by atoms with Gasteiger partial charge in [0.2, 0.25) is 5.91 Å². The zero-order valence-corrected chi connectivity index (χ0v) is 12.9. The Morgan fingerprint density at radius 2 is 2.14 bits per heavy atom. The normalized spacial score (nSPS) is 16.7. The summed E-state index contributed by atoms with van der Waals surface area (Å²) in [4.78, 5) is 13.8. The lowest BCUT2D eigenvalue weighted by molar-refractivity contribution is 0.100. The maximum Gasteiger partial charge on any atom is 0.248 e. The van der Waals surface area contributed by atoms with Crippen LogP contribution in [0.5, 0.6) is 5.75 Å². The zero-order valence-electron chi connectivity index (χ0n) is 12.9. The summed E-state index contributed by atoms with van der Waals surface area (Å²) < 4.78 is 5.36. The van der Waals surface area contributed by atoms with E-state index in [9.17, 15) is 4.79 Å². The number of carbonyl (C=O) groups is 1. The van der Waals surface area contributed by atoms with Crippen LogP contribution in [0.4, 0.5) is 5.69 Å². The third kappa shape index (κ3) is 4.11. The number of anilines is 1. The number of methoxy groups -OCH3 is 1. The summed E-state index contributed by atoms with van der Waals surface area (Å²) in [5.41, 5.74) is 6.70. The highest BCUT2D eigenvalue weighted by atomic mass is 16.5. The number of hydrogen-bond donors (Lipinski definition) is 2. The van der Waals surface area contributed by atoms with Crippen molar-refractivity contribution < 1.29 is 9.53 Å². The molecule has 0 radical (unpaired) electrons. The van der Waals surface area contributed by atoms with E-state index in [-0.39, 0.29) is 0 Å². The van der Waals surface area contributed by atoms with Gasteiger partial charge in [-0.2, -0.15) is 0 Å². The van der Waals surface area contributed by atoms with Gasteiger partial charge in [-0.3, -0.25) is 4.79 Å². The molecule has 3 N–H and O–H groups in total. The van der Waals surface area contributed by atoms with Crippen molar-refractivity contribution in [3.05, 3.63) is 23.8 Å². The second-order valence-corrected chi connectivity index (χ2v) is 5.54. The number of ether oxygens (including phenoxy) is 1. The van der Waals surface area contributed by atoms with Crippen LogP contribution in [0.2, 0.25) is 0 Å². The molecule has 0 bridgehead atoms. The van der Waals surface area contributed by atoms with Gasteiger partial charge in [-0.15, -0.1) is 0 Å². The second kappa shape index (κ2) is 7.31. The van der Waals surface area contributed by atoms with Gasteiger partial charge in [0.1, 0.15) is 5.75 Å². The Balaban J connectivity index is 2.02. The van der Waals surface area contributed by atoms with Gasteiger partial charge in [-0.25, -0.2) is 0 Å². The third-order valence-corrected chi connectivity index (χ3v) is 3.97. The molecule has 1 fully saturated rings. The molecule has 1 saturated heterocycles. The molecule has 5 nitrogen and oxygen atoms in total. The number of hydrogen-bond acceptors (Lipinski definition) is 4. The van der Waals surface area contributed by atoms with Crippen molar-refractivity contribution in [3.8, 4) is 5.75 Å². The molecule has 5 heteroatoms. The lowest BCUT2D eigenvalue weighted by Crippen LogP contribution is -2.39. The number of nitrogens with two attached hydrogens (primary N) is 1. The van der Waals surface area contributed by atoms with Gasteiger partial charge in [-0.1, -0.05) is 6.92 Å². The fourth-order valence-corrected chi connectivity index (χ4v) is 2.81. The number of piperidine rings is 1. The van der Waals surface area contributed by atoms with Crippen LogP contribution in [-0.4, -0.2) is 43.6 Å². The lowest BCUT2D eigenvalue weighted by atomic mass is 10.0. The number of nitrogens with one attached hydrogen (secondary N) is 1. The Morgan fingerprint density at radius 3 is 2.71 bits per heavy atom. The molecule has 1 heterocycles. The van der Waals surface area contributed by atoms with Crippen LogP contribution < -0.4 is 15.8 Å². The van der Waals surface area contributed by atoms with E-state index in [1.165, 1.54) is 13.0 Å². The number of carbonyl (C=O) groups excluding carboxylic acids is 1. The molecule has 0 atom stereocenters. The largest absolute Gasteiger partial charge is 0.495 e. The summed E-state index contributed by atoms with van der Waals surface area (Å²) in [6.07, 6.45) is 3.40. The van der Waals surface area contributed by atoms with E-state index in [2.05, 4.69) is 17.1 Å². The van der Waals surface area contributed by atoms with Crippen LogP contribution in [0.15, 0.2) is 18.2 Å². The van der Waals surface area contributed by atoms with E-state index in [4.69, 9.17) is 10.5 Å². The zero-order chi connectivity index (χ0) is 15.2. The van der Waals surface area contributed by atoms with Crippen LogP contribution in [0, 0.1) is 0 Å². The fourth-order valence-electron chi connectivity index (χ4n) is 2.81. The Hall–Kier alpha value is -1.75. The van der Waals surface area contributed by atoms with Crippen LogP contribution in [-0.2, 0) is 0 Å². The fraction of sp³-hybridized carbons (Fsp3) is 0.562. The first kappa shape index (κ1) is 15.6. The molecule has 1 aliphatic rings. The molecule has 0 spiro atoms. The molecular weight excluding hydrogens is 266 g/mol. The highest BCUT2D eigenvalue weighted by Gasteiger charge is 2.19. The highest BCUT2D eigenvalue weighted by Crippen LogP contribution is 2.28. The minimum absolute atomic E-state index is 0.412. The number of primary amides is 1. The first-order chi connectivity index (χ1) is 10.1. The van der Waals surface area contributed by atoms with Gasteiger partial charge in [0.25, 0.3) is 0 Å². The Kier molecular flexibility index (Phi) is 5.44. The third-order valence-electron chi connectivity index (χ3n) is 3.97. The SMILES string of the molecule is CCCN1CCC(Nc2cc(C(N)=O)ccc2OC)CC1. The van der Waals surface area contributed by atoms with Gasteiger partial charge in [-0.05, 0) is 44.0 Å². The first-order valence-electron chi connectivity index (χ1n) is 7.60. The van der Waals surface area contributed by atoms with Crippen molar-refractivity contribution in [2.45, 2.75) is 32.2 Å². The van der Waals surface area contributed by atoms with Crippen molar-refractivity contribution in [2.75, 3.05) is 32.1 Å². The summed E-state index contributed by atoms with van der Waals surface area (Å²) in [5, 5.41) is 3.50. The van der Waals surface area contributed by atoms with Gasteiger partial charge in [0, 0.05) is 24.7 Å². The van der Waals surface area contributed by atoms with Crippen molar-refractivity contribution in [2.24, 2.45) is 5.73 Å². The maximum absolute atomic E-state index is 11.3. The quantitative estimate of drug-likeness (QED) is 0.842. The minimum atomic E-state index is -0.418. The average Bonchev–Trinajstić information content (AvgIpc) is 2.49. The summed E-state index contributed by atoms with van der Waals surface area (Å²) in [7, 11) is 1.63. The summed E-state index contributed by atoms with van der Waals surface area (Å²) in [6, 6.07) is 5.67. The Labute approximate surface area is 126 Å². The molecule has 21 heavy (non-hydrogen) atoms. The molecular formula is C16H25N3O2. The molecule has 1 aliphatic heterocycles. The molecule has 1 aromatic rings. The van der Waals surface area contributed by atoms with Crippen LogP contribution in [0.25, 0.3) is 0 Å². The van der Waals surface area contributed by atoms with Gasteiger partial charge in [0.05, 0.1) is 12.8 Å². The van der Waals surface area contributed by atoms with E-state index in [0.717, 1.165) is 37.4 Å². The van der Waals surface area contributed by atoms with Crippen LogP contribution >= 0.6 is 0 Å². The summed E-state index contributed by atoms with van der Waals surface area (Å²) >= 11 is 0. The summed E-state index contributed by atoms with van der Waals surface area (Å²) in [5.74, 6) is 0.328. The second-order valence-electron chi connectivity index (χ2n) is 5.54. The molecule has 116 valence electrons. The molecule has 2 rings (SSSR count). The van der Waals surface area contributed by atoms with Gasteiger partial charge in [0.15, 0.2) is 0 Å². The van der Waals surface area contributed by atoms with Gasteiger partial charge < -0.3 is 20.7 Å².